The van der Waals surface area contributed by atoms with Crippen molar-refractivity contribution in [2.45, 2.75) is 91.1 Å². The van der Waals surface area contributed by atoms with Crippen molar-refractivity contribution in [1.82, 2.24) is 34.4 Å². The molecule has 10 N–H and O–H groups in total. The lowest BCUT2D eigenvalue weighted by Gasteiger charge is -2.42. The summed E-state index contributed by atoms with van der Waals surface area (Å²) < 4.78 is 17.5. The van der Waals surface area contributed by atoms with Crippen LogP contribution in [-0.2, 0) is 19.6 Å². The molecule has 1 aliphatic heterocycles. The van der Waals surface area contributed by atoms with Crippen molar-refractivity contribution in [3.05, 3.63) is 81.4 Å². The number of aromatic nitrogens is 6. The molecule has 1 aliphatic carbocycles. The molecule has 18 nitrogen and oxygen atoms in total. The van der Waals surface area contributed by atoms with Crippen molar-refractivity contribution >= 4 is 40.6 Å². The van der Waals surface area contributed by atoms with Crippen molar-refractivity contribution in [2.75, 3.05) is 18.5 Å². The van der Waals surface area contributed by atoms with Gasteiger partial charge in [0.15, 0.2) is 0 Å². The van der Waals surface area contributed by atoms with Gasteiger partial charge in [-0.1, -0.05) is 6.92 Å². The van der Waals surface area contributed by atoms with Crippen LogP contribution in [0.1, 0.15) is 116 Å². The Kier molecular flexibility index (Phi) is 10.7. The molecule has 0 saturated heterocycles. The van der Waals surface area contributed by atoms with Crippen LogP contribution in [0.5, 0.6) is 11.5 Å². The minimum Gasteiger partial charge on any atom is -0.493 e. The zero-order valence-corrected chi connectivity index (χ0v) is 33.3. The van der Waals surface area contributed by atoms with E-state index in [0.29, 0.717) is 96.4 Å². The van der Waals surface area contributed by atoms with Crippen LogP contribution >= 0.6 is 0 Å². The van der Waals surface area contributed by atoms with Crippen LogP contribution in [0.3, 0.4) is 0 Å². The van der Waals surface area contributed by atoms with E-state index in [4.69, 9.17) is 37.4 Å². The largest absolute Gasteiger partial charge is 0.493 e. The molecule has 58 heavy (non-hydrogen) atoms. The van der Waals surface area contributed by atoms with Crippen LogP contribution in [0, 0.1) is 19.8 Å². The molecule has 2 aromatic carbocycles. The van der Waals surface area contributed by atoms with Crippen molar-refractivity contribution in [1.29, 1.82) is 0 Å². The Hall–Kier alpha value is -6.27. The molecular formula is C40H50N12O6. The predicted octanol–water partition coefficient (Wildman–Crippen LogP) is 3.00. The van der Waals surface area contributed by atoms with Gasteiger partial charge in [0.2, 0.25) is 17.8 Å². The Labute approximate surface area is 334 Å². The number of ether oxygens (including phenoxy) is 2. The summed E-state index contributed by atoms with van der Waals surface area (Å²) in [4.78, 5) is 57.3. The highest BCUT2D eigenvalue weighted by Crippen LogP contribution is 2.55. The number of carbonyl (C=O) groups excluding carboxylic acids is 4. The third-order valence-electron chi connectivity index (χ3n) is 11.0. The molecule has 0 spiro atoms. The van der Waals surface area contributed by atoms with Gasteiger partial charge in [0, 0.05) is 48.2 Å². The fraction of sp³-hybridized carbons (Fsp3) is 0.425. The van der Waals surface area contributed by atoms with E-state index < -0.39 is 41.3 Å². The van der Waals surface area contributed by atoms with Gasteiger partial charge in [0.05, 0.1) is 36.2 Å². The number of anilines is 1. The van der Waals surface area contributed by atoms with Gasteiger partial charge >= 0.3 is 0 Å². The molecule has 4 amide bonds. The quantitative estimate of drug-likeness (QED) is 0.0839. The first-order valence-corrected chi connectivity index (χ1v) is 19.5. The number of aryl methyl sites for hydroxylation is 5. The first kappa shape index (κ1) is 39.9. The number of rotatable bonds is 15. The summed E-state index contributed by atoms with van der Waals surface area (Å²) in [5.74, 6) is -1.86. The molecule has 5 aromatic rings. The second-order valence-electron chi connectivity index (χ2n) is 15.0. The molecule has 3 aromatic heterocycles. The van der Waals surface area contributed by atoms with Crippen LogP contribution in [0.4, 0.5) is 5.95 Å². The lowest BCUT2D eigenvalue weighted by Crippen LogP contribution is -2.64. The molecule has 7 rings (SSSR count). The van der Waals surface area contributed by atoms with Gasteiger partial charge in [0.1, 0.15) is 34.1 Å². The summed E-state index contributed by atoms with van der Waals surface area (Å²) >= 11 is 0. The highest BCUT2D eigenvalue weighted by molar-refractivity contribution is 6.04. The molecule has 0 saturated carbocycles. The Morgan fingerprint density at radius 3 is 2.17 bits per heavy atom. The van der Waals surface area contributed by atoms with Crippen LogP contribution < -0.4 is 43.0 Å². The summed E-state index contributed by atoms with van der Waals surface area (Å²) in [7, 11) is 0. The normalized spacial score (nSPS) is 19.5. The standard InChI is InChI=1S/C40H50N12O6/c1-6-12-57-30-18-24(36(43)54)16-26-33(30)50(39(45-26)46-37(55)27-13-20(4)48-51(27)7-2)11-9-10-22-19-58-29-17-23(35(42)53)15-25-31(29)32(22)40(44,34(25)41)47-38(56)28-14-21(5)49-52(28)8-3/h13-18,22,32,34H,6-12,19,41,44H2,1-5H3,(H2,42,53)(H2,43,54)(H,47,56)(H,45,46,55)/t22?,32?,34?,40-/m1/s1. The summed E-state index contributed by atoms with van der Waals surface area (Å²) in [6, 6.07) is 8.87. The first-order valence-electron chi connectivity index (χ1n) is 19.5. The molecule has 0 fully saturated rings. The van der Waals surface area contributed by atoms with Crippen molar-refractivity contribution in [3.63, 3.8) is 0 Å². The van der Waals surface area contributed by atoms with E-state index in [-0.39, 0.29) is 29.6 Å². The van der Waals surface area contributed by atoms with E-state index in [0.717, 1.165) is 5.56 Å². The van der Waals surface area contributed by atoms with Gasteiger partial charge in [-0.05, 0) is 88.9 Å². The van der Waals surface area contributed by atoms with Crippen molar-refractivity contribution < 1.29 is 28.7 Å². The smallest absolute Gasteiger partial charge is 0.276 e. The van der Waals surface area contributed by atoms with E-state index in [9.17, 15) is 19.2 Å². The monoisotopic (exact) mass is 794 g/mol. The van der Waals surface area contributed by atoms with Crippen LogP contribution in [0.25, 0.3) is 11.0 Å². The lowest BCUT2D eigenvalue weighted by molar-refractivity contribution is 0.0779. The maximum absolute atomic E-state index is 14.0. The predicted molar refractivity (Wildman–Crippen MR) is 214 cm³/mol. The minimum atomic E-state index is -1.50. The number of imidazole rings is 1. The maximum Gasteiger partial charge on any atom is 0.276 e. The summed E-state index contributed by atoms with van der Waals surface area (Å²) in [5, 5.41) is 14.9. The molecule has 306 valence electrons. The van der Waals surface area contributed by atoms with Gasteiger partial charge in [-0.25, -0.2) is 4.98 Å². The summed E-state index contributed by atoms with van der Waals surface area (Å²) in [6.07, 6.45) is 1.74. The van der Waals surface area contributed by atoms with E-state index in [1.54, 1.807) is 45.8 Å². The van der Waals surface area contributed by atoms with E-state index >= 15 is 0 Å². The SMILES string of the molecule is CCCOc1cc(C(N)=O)cc2nc(NC(=O)c3cc(C)nn3CC)n(CCCC3COc4cc(C(N)=O)cc5c4C3[C@@](N)(NC(=O)c3cc(C)nn3CC)C5N)c12. The highest BCUT2D eigenvalue weighted by atomic mass is 16.5. The average Bonchev–Trinajstić information content (AvgIpc) is 3.93. The van der Waals surface area contributed by atoms with Gasteiger partial charge < -0.3 is 42.3 Å². The van der Waals surface area contributed by atoms with Gasteiger partial charge in [-0.3, -0.25) is 33.9 Å². The van der Waals surface area contributed by atoms with Crippen molar-refractivity contribution in [2.24, 2.45) is 28.9 Å². The van der Waals surface area contributed by atoms with E-state index in [1.165, 1.54) is 0 Å². The first-order chi connectivity index (χ1) is 27.7. The topological polar surface area (TPSA) is 268 Å². The second-order valence-corrected chi connectivity index (χ2v) is 15.0. The third kappa shape index (κ3) is 7.02. The minimum absolute atomic E-state index is 0.203. The third-order valence-corrected chi connectivity index (χ3v) is 11.0. The molecule has 0 radical (unpaired) electrons. The number of nitrogens with two attached hydrogens (primary N) is 4. The number of hydrogen-bond donors (Lipinski definition) is 6. The Morgan fingerprint density at radius 1 is 0.914 bits per heavy atom. The lowest BCUT2D eigenvalue weighted by atomic mass is 9.77. The van der Waals surface area contributed by atoms with E-state index in [2.05, 4.69) is 20.8 Å². The molecule has 2 aliphatic rings. The van der Waals surface area contributed by atoms with E-state index in [1.807, 2.05) is 39.2 Å². The fourth-order valence-corrected chi connectivity index (χ4v) is 8.40. The molecule has 4 heterocycles. The molecule has 0 bridgehead atoms. The summed E-state index contributed by atoms with van der Waals surface area (Å²) in [6.45, 7) is 11.2. The summed E-state index contributed by atoms with van der Waals surface area (Å²) in [5.41, 5.74) is 28.9. The Morgan fingerprint density at radius 2 is 1.55 bits per heavy atom. The van der Waals surface area contributed by atoms with Gasteiger partial charge in [0.25, 0.3) is 11.8 Å². The number of primary amides is 2. The Balaban J connectivity index is 1.25. The fourth-order valence-electron chi connectivity index (χ4n) is 8.40. The van der Waals surface area contributed by atoms with Crippen LogP contribution in [0.15, 0.2) is 36.4 Å². The Bertz CT molecular complexity index is 2450. The number of hydrogen-bond acceptors (Lipinski definition) is 11. The van der Waals surface area contributed by atoms with Crippen LogP contribution in [0.2, 0.25) is 0 Å². The number of amides is 4. The average molecular weight is 795 g/mol. The van der Waals surface area contributed by atoms with Gasteiger partial charge in [-0.15, -0.1) is 0 Å². The number of nitrogens with zero attached hydrogens (tertiary/aromatic N) is 6. The highest BCUT2D eigenvalue weighted by Gasteiger charge is 2.56. The number of benzene rings is 2. The van der Waals surface area contributed by atoms with Gasteiger partial charge in [-0.2, -0.15) is 10.2 Å². The zero-order valence-electron chi connectivity index (χ0n) is 33.3. The molecular weight excluding hydrogens is 745 g/mol. The molecule has 3 unspecified atom stereocenters. The molecule has 18 heteroatoms. The number of nitrogens with one attached hydrogen (secondary N) is 2. The van der Waals surface area contributed by atoms with Crippen LogP contribution in [-0.4, -0.2) is 71.6 Å². The number of fused-ring (bicyclic) bond motifs is 1. The maximum atomic E-state index is 14.0. The second kappa shape index (κ2) is 15.6. The van der Waals surface area contributed by atoms with Crippen molar-refractivity contribution in [3.8, 4) is 11.5 Å². The molecule has 4 atom stereocenters. The number of carbonyl (C=O) groups is 4. The zero-order chi connectivity index (χ0) is 41.6.